The Kier molecular flexibility index (Phi) is 4.29. The Morgan fingerprint density at radius 2 is 2.20 bits per heavy atom. The lowest BCUT2D eigenvalue weighted by Crippen LogP contribution is -2.10. The van der Waals surface area contributed by atoms with Crippen LogP contribution in [0.1, 0.15) is 19.8 Å². The number of halogens is 2. The van der Waals surface area contributed by atoms with Crippen molar-refractivity contribution in [1.29, 1.82) is 0 Å². The van der Waals surface area contributed by atoms with Gasteiger partial charge in [0.25, 0.3) is 0 Å². The molecule has 1 aromatic heterocycles. The van der Waals surface area contributed by atoms with Crippen molar-refractivity contribution in [1.82, 2.24) is 4.98 Å². The molecule has 20 heavy (non-hydrogen) atoms. The van der Waals surface area contributed by atoms with E-state index in [9.17, 15) is 13.6 Å². The maximum absolute atomic E-state index is 13.7. The van der Waals surface area contributed by atoms with Crippen LogP contribution in [0.4, 0.5) is 18.9 Å². The second-order valence-electron chi connectivity index (χ2n) is 4.15. The highest BCUT2D eigenvalue weighted by Crippen LogP contribution is 2.35. The zero-order valence-electron chi connectivity index (χ0n) is 10.7. The van der Waals surface area contributed by atoms with E-state index >= 15 is 0 Å². The molecular weight excluding hydrogens is 284 g/mol. The molecule has 0 spiro atoms. The first-order valence-corrected chi connectivity index (χ1v) is 6.84. The number of anilines is 2. The van der Waals surface area contributed by atoms with Crippen LogP contribution in [-0.2, 0) is 4.79 Å². The number of rotatable bonds is 4. The fraction of sp³-hybridized carbons (Fsp3) is 0.231. The van der Waals surface area contributed by atoms with Crippen molar-refractivity contribution in [2.24, 2.45) is 0 Å². The smallest absolute Gasteiger partial charge is 0.226 e. The molecule has 0 saturated heterocycles. The van der Waals surface area contributed by atoms with Gasteiger partial charge in [-0.1, -0.05) is 18.3 Å². The molecule has 0 fully saturated rings. The Morgan fingerprint density at radius 3 is 2.90 bits per heavy atom. The van der Waals surface area contributed by atoms with E-state index in [2.05, 4.69) is 10.3 Å². The molecule has 106 valence electrons. The molecule has 0 unspecified atom stereocenters. The Hall–Kier alpha value is -2.02. The Bertz CT molecular complexity index is 643. The predicted octanol–water partition coefficient (Wildman–Crippen LogP) is 3.41. The fourth-order valence-corrected chi connectivity index (χ4v) is 2.43. The SMILES string of the molecule is CCCC(=O)Nc1nc(-c2cc(F)ccc2F)c(N)s1. The maximum atomic E-state index is 13.7. The van der Waals surface area contributed by atoms with Gasteiger partial charge in [-0.25, -0.2) is 13.8 Å². The monoisotopic (exact) mass is 297 g/mol. The number of carbonyl (C=O) groups excluding carboxylic acids is 1. The van der Waals surface area contributed by atoms with E-state index < -0.39 is 11.6 Å². The van der Waals surface area contributed by atoms with Gasteiger partial charge in [-0.15, -0.1) is 0 Å². The lowest BCUT2D eigenvalue weighted by atomic mass is 10.1. The van der Waals surface area contributed by atoms with Gasteiger partial charge in [0, 0.05) is 12.0 Å². The summed E-state index contributed by atoms with van der Waals surface area (Å²) in [5.41, 5.74) is 5.88. The largest absolute Gasteiger partial charge is 0.389 e. The first-order chi connectivity index (χ1) is 9.51. The van der Waals surface area contributed by atoms with Gasteiger partial charge < -0.3 is 11.1 Å². The lowest BCUT2D eigenvalue weighted by Gasteiger charge is -2.01. The molecule has 2 aromatic rings. The third-order valence-electron chi connectivity index (χ3n) is 2.56. The van der Waals surface area contributed by atoms with E-state index in [0.717, 1.165) is 29.5 Å². The van der Waals surface area contributed by atoms with Crippen LogP contribution in [0.3, 0.4) is 0 Å². The summed E-state index contributed by atoms with van der Waals surface area (Å²) < 4.78 is 26.9. The number of carbonyl (C=O) groups is 1. The zero-order chi connectivity index (χ0) is 14.7. The molecule has 0 aliphatic carbocycles. The third-order valence-corrected chi connectivity index (χ3v) is 3.36. The highest BCUT2D eigenvalue weighted by Gasteiger charge is 2.16. The highest BCUT2D eigenvalue weighted by molar-refractivity contribution is 7.20. The summed E-state index contributed by atoms with van der Waals surface area (Å²) in [6, 6.07) is 3.06. The fourth-order valence-electron chi connectivity index (χ4n) is 1.67. The van der Waals surface area contributed by atoms with Crippen LogP contribution < -0.4 is 11.1 Å². The quantitative estimate of drug-likeness (QED) is 0.908. The third kappa shape index (κ3) is 3.11. The molecule has 1 aromatic carbocycles. The van der Waals surface area contributed by atoms with Gasteiger partial charge in [-0.05, 0) is 24.6 Å². The molecule has 0 atom stereocenters. The number of nitrogen functional groups attached to an aromatic ring is 1. The van der Waals surface area contributed by atoms with Gasteiger partial charge in [0.05, 0.1) is 0 Å². The van der Waals surface area contributed by atoms with E-state index in [1.165, 1.54) is 0 Å². The van der Waals surface area contributed by atoms with Crippen LogP contribution in [0.5, 0.6) is 0 Å². The van der Waals surface area contributed by atoms with Gasteiger partial charge in [0.1, 0.15) is 22.3 Å². The minimum Gasteiger partial charge on any atom is -0.389 e. The van der Waals surface area contributed by atoms with Gasteiger partial charge in [-0.2, -0.15) is 0 Å². The molecule has 2 rings (SSSR count). The second kappa shape index (κ2) is 5.96. The summed E-state index contributed by atoms with van der Waals surface area (Å²) in [5.74, 6) is -1.38. The van der Waals surface area contributed by atoms with Crippen molar-refractivity contribution < 1.29 is 13.6 Å². The normalized spacial score (nSPS) is 10.6. The number of hydrogen-bond acceptors (Lipinski definition) is 4. The molecular formula is C13H13F2N3OS. The van der Waals surface area contributed by atoms with Gasteiger partial charge in [0.2, 0.25) is 5.91 Å². The molecule has 0 aliphatic heterocycles. The summed E-state index contributed by atoms with van der Waals surface area (Å²) in [5, 5.41) is 3.08. The number of nitrogens with two attached hydrogens (primary N) is 1. The van der Waals surface area contributed by atoms with E-state index in [4.69, 9.17) is 5.73 Å². The number of thiazole rings is 1. The predicted molar refractivity (Wildman–Crippen MR) is 75.4 cm³/mol. The summed E-state index contributed by atoms with van der Waals surface area (Å²) in [6.45, 7) is 1.88. The molecule has 1 heterocycles. The minimum absolute atomic E-state index is 0.0188. The minimum atomic E-state index is -0.616. The van der Waals surface area contributed by atoms with Crippen molar-refractivity contribution in [2.45, 2.75) is 19.8 Å². The molecule has 0 saturated carbocycles. The maximum Gasteiger partial charge on any atom is 0.226 e. The van der Waals surface area contributed by atoms with Crippen molar-refractivity contribution in [3.63, 3.8) is 0 Å². The number of aromatic nitrogens is 1. The van der Waals surface area contributed by atoms with Crippen molar-refractivity contribution in [3.05, 3.63) is 29.8 Å². The first kappa shape index (κ1) is 14.4. The van der Waals surface area contributed by atoms with Crippen molar-refractivity contribution >= 4 is 27.4 Å². The number of benzene rings is 1. The number of amides is 1. The number of nitrogens with zero attached hydrogens (tertiary/aromatic N) is 1. The van der Waals surface area contributed by atoms with Crippen LogP contribution in [0, 0.1) is 11.6 Å². The molecule has 1 amide bonds. The standard InChI is InChI=1S/C13H13F2N3OS/c1-2-3-10(19)17-13-18-11(12(16)20-13)8-6-7(14)4-5-9(8)15/h4-6H,2-3,16H2,1H3,(H,17,18,19). The van der Waals surface area contributed by atoms with Crippen LogP contribution in [-0.4, -0.2) is 10.9 Å². The molecule has 0 aliphatic rings. The van der Waals surface area contributed by atoms with Crippen molar-refractivity contribution in [2.75, 3.05) is 11.1 Å². The zero-order valence-corrected chi connectivity index (χ0v) is 11.6. The van der Waals surface area contributed by atoms with Crippen molar-refractivity contribution in [3.8, 4) is 11.3 Å². The lowest BCUT2D eigenvalue weighted by molar-refractivity contribution is -0.116. The van der Waals surface area contributed by atoms with Crippen LogP contribution >= 0.6 is 11.3 Å². The molecule has 7 heteroatoms. The summed E-state index contributed by atoms with van der Waals surface area (Å²) in [7, 11) is 0. The Labute approximate surface area is 118 Å². The Morgan fingerprint density at radius 1 is 1.45 bits per heavy atom. The molecule has 3 N–H and O–H groups in total. The first-order valence-electron chi connectivity index (χ1n) is 6.02. The Balaban J connectivity index is 2.32. The van der Waals surface area contributed by atoms with Gasteiger partial charge >= 0.3 is 0 Å². The van der Waals surface area contributed by atoms with E-state index in [1.54, 1.807) is 0 Å². The molecule has 4 nitrogen and oxygen atoms in total. The van der Waals surface area contributed by atoms with Crippen LogP contribution in [0.15, 0.2) is 18.2 Å². The van der Waals surface area contributed by atoms with E-state index in [-0.39, 0.29) is 27.3 Å². The highest BCUT2D eigenvalue weighted by atomic mass is 32.1. The van der Waals surface area contributed by atoms with Crippen LogP contribution in [0.25, 0.3) is 11.3 Å². The summed E-state index contributed by atoms with van der Waals surface area (Å²) in [6.07, 6.45) is 1.07. The number of hydrogen-bond donors (Lipinski definition) is 2. The van der Waals surface area contributed by atoms with E-state index in [0.29, 0.717) is 12.8 Å². The van der Waals surface area contributed by atoms with Crippen LogP contribution in [0.2, 0.25) is 0 Å². The topological polar surface area (TPSA) is 68.0 Å². The number of nitrogens with one attached hydrogen (secondary N) is 1. The molecule has 0 bridgehead atoms. The molecule has 0 radical (unpaired) electrons. The average molecular weight is 297 g/mol. The average Bonchev–Trinajstić information content (AvgIpc) is 2.73. The van der Waals surface area contributed by atoms with Gasteiger partial charge in [0.15, 0.2) is 5.13 Å². The summed E-state index contributed by atoms with van der Waals surface area (Å²) >= 11 is 1.02. The summed E-state index contributed by atoms with van der Waals surface area (Å²) in [4.78, 5) is 15.5. The van der Waals surface area contributed by atoms with Gasteiger partial charge in [-0.3, -0.25) is 4.79 Å². The van der Waals surface area contributed by atoms with E-state index in [1.807, 2.05) is 6.92 Å². The second-order valence-corrected chi connectivity index (χ2v) is 5.18.